The van der Waals surface area contributed by atoms with Crippen molar-refractivity contribution in [3.63, 3.8) is 0 Å². The van der Waals surface area contributed by atoms with Gasteiger partial charge >= 0.3 is 0 Å². The molecule has 2 rings (SSSR count). The van der Waals surface area contributed by atoms with E-state index in [0.29, 0.717) is 5.70 Å². The number of carbonyl (C=O) groups is 1. The summed E-state index contributed by atoms with van der Waals surface area (Å²) in [5, 5.41) is 0. The summed E-state index contributed by atoms with van der Waals surface area (Å²) in [5.74, 6) is 0.671. The van der Waals surface area contributed by atoms with Crippen LogP contribution in [0.4, 0.5) is 0 Å². The van der Waals surface area contributed by atoms with Gasteiger partial charge in [-0.1, -0.05) is 12.1 Å². The number of carbonyl (C=O) groups excluding carboxylic acids is 1. The van der Waals surface area contributed by atoms with Gasteiger partial charge in [0.1, 0.15) is 11.4 Å². The Hall–Kier alpha value is -2.30. The highest BCUT2D eigenvalue weighted by Crippen LogP contribution is 2.18. The van der Waals surface area contributed by atoms with E-state index in [4.69, 9.17) is 10.5 Å². The molecular weight excluding hydrogens is 218 g/mol. The fourth-order valence-corrected chi connectivity index (χ4v) is 1.52. The molecule has 1 aromatic carbocycles. The molecule has 0 unspecified atom stereocenters. The molecule has 0 aromatic heterocycles. The molecule has 5 heteroatoms. The Morgan fingerprint density at radius 1 is 1.35 bits per heavy atom. The molecule has 0 bridgehead atoms. The predicted molar refractivity (Wildman–Crippen MR) is 65.4 cm³/mol. The number of hydrogen-bond acceptors (Lipinski definition) is 4. The fraction of sp³-hybridized carbons (Fsp3) is 0.167. The first kappa shape index (κ1) is 11.2. The maximum absolute atomic E-state index is 11.5. The molecule has 1 aromatic rings. The van der Waals surface area contributed by atoms with E-state index in [2.05, 4.69) is 4.99 Å². The molecule has 1 aliphatic heterocycles. The maximum atomic E-state index is 11.5. The number of aliphatic imine (C=N–C) groups is 1. The number of amides is 1. The van der Waals surface area contributed by atoms with Crippen LogP contribution in [-0.2, 0) is 4.79 Å². The number of benzene rings is 1. The lowest BCUT2D eigenvalue weighted by Gasteiger charge is -2.11. The quantitative estimate of drug-likeness (QED) is 0.765. The molecule has 0 radical (unpaired) electrons. The van der Waals surface area contributed by atoms with E-state index in [1.54, 1.807) is 25.1 Å². The van der Waals surface area contributed by atoms with Gasteiger partial charge in [-0.05, 0) is 23.8 Å². The van der Waals surface area contributed by atoms with E-state index in [1.807, 2.05) is 24.3 Å². The Morgan fingerprint density at radius 2 is 2.00 bits per heavy atom. The van der Waals surface area contributed by atoms with Crippen LogP contribution in [0.3, 0.4) is 0 Å². The molecule has 1 amide bonds. The summed E-state index contributed by atoms with van der Waals surface area (Å²) in [6.07, 6.45) is 1.74. The van der Waals surface area contributed by atoms with Crippen LogP contribution in [0, 0.1) is 0 Å². The molecule has 0 aliphatic carbocycles. The van der Waals surface area contributed by atoms with Gasteiger partial charge in [-0.15, -0.1) is 0 Å². The van der Waals surface area contributed by atoms with Crippen LogP contribution in [-0.4, -0.2) is 30.9 Å². The summed E-state index contributed by atoms with van der Waals surface area (Å²) < 4.78 is 5.06. The average molecular weight is 231 g/mol. The van der Waals surface area contributed by atoms with Gasteiger partial charge in [0.05, 0.1) is 7.11 Å². The molecule has 1 heterocycles. The van der Waals surface area contributed by atoms with Crippen molar-refractivity contribution in [1.82, 2.24) is 4.90 Å². The minimum Gasteiger partial charge on any atom is -0.497 e. The molecular formula is C12H13N3O2. The second-order valence-corrected chi connectivity index (χ2v) is 3.64. The molecule has 88 valence electrons. The van der Waals surface area contributed by atoms with Crippen LogP contribution >= 0.6 is 0 Å². The van der Waals surface area contributed by atoms with Gasteiger partial charge in [0.15, 0.2) is 0 Å². The topological polar surface area (TPSA) is 67.9 Å². The number of likely N-dealkylation sites (N-methyl/N-ethyl adjacent to an activating group) is 1. The monoisotopic (exact) mass is 231 g/mol. The first-order chi connectivity index (χ1) is 8.11. The highest BCUT2D eigenvalue weighted by molar-refractivity contribution is 6.11. The predicted octanol–water partition coefficient (Wildman–Crippen LogP) is 0.823. The van der Waals surface area contributed by atoms with Crippen molar-refractivity contribution in [1.29, 1.82) is 0 Å². The number of nitrogens with zero attached hydrogens (tertiary/aromatic N) is 2. The molecule has 1 aliphatic rings. The molecule has 17 heavy (non-hydrogen) atoms. The average Bonchev–Trinajstić information content (AvgIpc) is 2.57. The number of nitrogens with two attached hydrogens (primary N) is 1. The van der Waals surface area contributed by atoms with Crippen LogP contribution in [0.25, 0.3) is 6.08 Å². The van der Waals surface area contributed by atoms with Gasteiger partial charge in [-0.25, -0.2) is 0 Å². The van der Waals surface area contributed by atoms with E-state index in [0.717, 1.165) is 11.3 Å². The summed E-state index contributed by atoms with van der Waals surface area (Å²) in [4.78, 5) is 16.8. The number of guanidine groups is 1. The van der Waals surface area contributed by atoms with Gasteiger partial charge in [0.2, 0.25) is 5.96 Å². The largest absolute Gasteiger partial charge is 0.497 e. The van der Waals surface area contributed by atoms with E-state index in [1.165, 1.54) is 0 Å². The highest BCUT2D eigenvalue weighted by Gasteiger charge is 2.23. The second kappa shape index (κ2) is 4.29. The number of hydrogen-bond donors (Lipinski definition) is 1. The third-order valence-corrected chi connectivity index (χ3v) is 2.56. The zero-order valence-electron chi connectivity index (χ0n) is 9.68. The Balaban J connectivity index is 2.28. The first-order valence-electron chi connectivity index (χ1n) is 5.10. The lowest BCUT2D eigenvalue weighted by atomic mass is 10.2. The third kappa shape index (κ3) is 2.13. The standard InChI is InChI=1S/C12H13N3O2/c1-15-10(11(16)14-12(15)13)7-8-3-5-9(17-2)6-4-8/h3-7H,1-2H3,(H2,13,14,16)/b10-7-. The van der Waals surface area contributed by atoms with E-state index in [9.17, 15) is 4.79 Å². The van der Waals surface area contributed by atoms with Crippen molar-refractivity contribution in [3.05, 3.63) is 35.5 Å². The van der Waals surface area contributed by atoms with Crippen molar-refractivity contribution in [2.24, 2.45) is 10.7 Å². The van der Waals surface area contributed by atoms with E-state index < -0.39 is 0 Å². The van der Waals surface area contributed by atoms with Crippen LogP contribution in [0.15, 0.2) is 35.0 Å². The third-order valence-electron chi connectivity index (χ3n) is 2.56. The van der Waals surface area contributed by atoms with Gasteiger partial charge < -0.3 is 15.4 Å². The van der Waals surface area contributed by atoms with Crippen molar-refractivity contribution in [3.8, 4) is 5.75 Å². The summed E-state index contributed by atoms with van der Waals surface area (Å²) >= 11 is 0. The summed E-state index contributed by atoms with van der Waals surface area (Å²) in [5.41, 5.74) is 6.91. The lowest BCUT2D eigenvalue weighted by molar-refractivity contribution is -0.114. The van der Waals surface area contributed by atoms with Gasteiger partial charge in [0.25, 0.3) is 5.91 Å². The molecule has 5 nitrogen and oxygen atoms in total. The normalized spacial score (nSPS) is 17.5. The first-order valence-corrected chi connectivity index (χ1v) is 5.10. The SMILES string of the molecule is COc1ccc(/C=C2/C(=O)N=C(N)N2C)cc1. The van der Waals surface area contributed by atoms with Crippen LogP contribution < -0.4 is 10.5 Å². The van der Waals surface area contributed by atoms with Crippen molar-refractivity contribution < 1.29 is 9.53 Å². The molecule has 2 N–H and O–H groups in total. The minimum atomic E-state index is -0.319. The fourth-order valence-electron chi connectivity index (χ4n) is 1.52. The van der Waals surface area contributed by atoms with E-state index >= 15 is 0 Å². The summed E-state index contributed by atoms with van der Waals surface area (Å²) in [7, 11) is 3.31. The molecule has 0 spiro atoms. The molecule has 0 atom stereocenters. The number of ether oxygens (including phenoxy) is 1. The zero-order valence-corrected chi connectivity index (χ0v) is 9.68. The Kier molecular flexibility index (Phi) is 2.82. The van der Waals surface area contributed by atoms with Crippen LogP contribution in [0.1, 0.15) is 5.56 Å². The number of methoxy groups -OCH3 is 1. The lowest BCUT2D eigenvalue weighted by Crippen LogP contribution is -2.28. The zero-order chi connectivity index (χ0) is 12.4. The summed E-state index contributed by atoms with van der Waals surface area (Å²) in [6.45, 7) is 0. The molecule has 0 saturated carbocycles. The van der Waals surface area contributed by atoms with Crippen LogP contribution in [0.2, 0.25) is 0 Å². The van der Waals surface area contributed by atoms with E-state index in [-0.39, 0.29) is 11.9 Å². The minimum absolute atomic E-state index is 0.217. The Morgan fingerprint density at radius 3 is 2.47 bits per heavy atom. The summed E-state index contributed by atoms with van der Waals surface area (Å²) in [6, 6.07) is 7.38. The Labute approximate surface area is 99.2 Å². The maximum Gasteiger partial charge on any atom is 0.296 e. The Bertz CT molecular complexity index is 503. The van der Waals surface area contributed by atoms with Crippen LogP contribution in [0.5, 0.6) is 5.75 Å². The molecule has 0 saturated heterocycles. The number of rotatable bonds is 2. The van der Waals surface area contributed by atoms with Crippen molar-refractivity contribution in [2.75, 3.05) is 14.2 Å². The van der Waals surface area contributed by atoms with Gasteiger partial charge in [-0.2, -0.15) is 4.99 Å². The smallest absolute Gasteiger partial charge is 0.296 e. The van der Waals surface area contributed by atoms with Crippen molar-refractivity contribution in [2.45, 2.75) is 0 Å². The molecule has 0 fully saturated rings. The van der Waals surface area contributed by atoms with Crippen molar-refractivity contribution >= 4 is 17.9 Å². The highest BCUT2D eigenvalue weighted by atomic mass is 16.5. The van der Waals surface area contributed by atoms with Gasteiger partial charge in [0, 0.05) is 7.05 Å². The second-order valence-electron chi connectivity index (χ2n) is 3.64. The van der Waals surface area contributed by atoms with Gasteiger partial charge in [-0.3, -0.25) is 4.79 Å².